The summed E-state index contributed by atoms with van der Waals surface area (Å²) in [6.07, 6.45) is 5.25. The summed E-state index contributed by atoms with van der Waals surface area (Å²) < 4.78 is 16.9. The molecule has 2 aliphatic heterocycles. The average molecular weight is 646 g/mol. The maximum absolute atomic E-state index is 11.9. The molecule has 1 aliphatic carbocycles. The molecule has 10 nitrogen and oxygen atoms in total. The highest BCUT2D eigenvalue weighted by molar-refractivity contribution is 6.35. The number of aromatic carboxylic acids is 1. The number of likely N-dealkylation sites (tertiary alicyclic amines) is 1. The SMILES string of the molecule is CCn1cncc1Cn1c(CN2C[C@@H]3[C@H](C2)[C@@H]3c2cccc3c2O[C@](C)(c2ccc(Cl)cn2)O3)nc2c(Cl)cc(C(=O)O)cc21. The normalized spacial score (nSPS) is 23.5. The first-order chi connectivity index (χ1) is 21.7. The van der Waals surface area contributed by atoms with E-state index in [-0.39, 0.29) is 5.56 Å². The Balaban J connectivity index is 1.04. The molecule has 0 spiro atoms. The van der Waals surface area contributed by atoms with Crippen LogP contribution in [0, 0.1) is 11.8 Å². The van der Waals surface area contributed by atoms with Gasteiger partial charge in [0, 0.05) is 44.5 Å². The van der Waals surface area contributed by atoms with Crippen molar-refractivity contribution in [2.45, 2.75) is 45.2 Å². The van der Waals surface area contributed by atoms with E-state index in [1.165, 1.54) is 11.6 Å². The molecular formula is C33H30Cl2N6O4. The third-order valence-electron chi connectivity index (χ3n) is 9.39. The monoisotopic (exact) mass is 644 g/mol. The second-order valence-electron chi connectivity index (χ2n) is 12.1. The summed E-state index contributed by atoms with van der Waals surface area (Å²) in [5.41, 5.74) is 4.30. The third kappa shape index (κ3) is 4.74. The van der Waals surface area contributed by atoms with Crippen molar-refractivity contribution in [2.75, 3.05) is 13.1 Å². The number of carboxylic acid groups (broad SMARTS) is 1. The van der Waals surface area contributed by atoms with Crippen molar-refractivity contribution in [1.29, 1.82) is 0 Å². The van der Waals surface area contributed by atoms with Crippen LogP contribution in [-0.2, 0) is 25.4 Å². The molecule has 1 N–H and O–H groups in total. The van der Waals surface area contributed by atoms with Gasteiger partial charge >= 0.3 is 5.97 Å². The molecule has 5 aromatic rings. The van der Waals surface area contributed by atoms with Crippen LogP contribution >= 0.6 is 23.2 Å². The number of rotatable bonds is 8. The maximum Gasteiger partial charge on any atom is 0.335 e. The summed E-state index contributed by atoms with van der Waals surface area (Å²) in [5, 5.41) is 10.6. The summed E-state index contributed by atoms with van der Waals surface area (Å²) in [5.74, 6) is 1.68. The number of aromatic nitrogens is 5. The van der Waals surface area contributed by atoms with Crippen LogP contribution in [0.25, 0.3) is 11.0 Å². The lowest BCUT2D eigenvalue weighted by Crippen LogP contribution is -2.32. The van der Waals surface area contributed by atoms with E-state index in [4.69, 9.17) is 37.7 Å². The highest BCUT2D eigenvalue weighted by Gasteiger charge is 2.58. The summed E-state index contributed by atoms with van der Waals surface area (Å²) in [7, 11) is 0. The van der Waals surface area contributed by atoms with Gasteiger partial charge in [0.2, 0.25) is 0 Å². The molecular weight excluding hydrogens is 615 g/mol. The Morgan fingerprint density at radius 3 is 2.64 bits per heavy atom. The molecule has 0 bridgehead atoms. The van der Waals surface area contributed by atoms with Crippen molar-refractivity contribution >= 4 is 40.2 Å². The summed E-state index contributed by atoms with van der Waals surface area (Å²) in [6, 6.07) is 12.9. The Bertz CT molecular complexity index is 1960. The lowest BCUT2D eigenvalue weighted by molar-refractivity contribution is -0.0721. The molecule has 0 amide bonds. The first kappa shape index (κ1) is 28.4. The number of piperidine rings is 1. The Labute approximate surface area is 269 Å². The van der Waals surface area contributed by atoms with Crippen molar-refractivity contribution in [3.05, 3.63) is 99.6 Å². The fraction of sp³-hybridized carbons (Fsp3) is 0.333. The molecule has 4 atom stereocenters. The summed E-state index contributed by atoms with van der Waals surface area (Å²) >= 11 is 12.6. The minimum atomic E-state index is -1.02. The smallest absolute Gasteiger partial charge is 0.335 e. The van der Waals surface area contributed by atoms with E-state index in [0.29, 0.717) is 57.6 Å². The Kier molecular flexibility index (Phi) is 6.60. The van der Waals surface area contributed by atoms with E-state index < -0.39 is 11.8 Å². The highest BCUT2D eigenvalue weighted by atomic mass is 35.5. The molecule has 5 heterocycles. The molecule has 0 radical (unpaired) electrons. The second kappa shape index (κ2) is 10.5. The van der Waals surface area contributed by atoms with E-state index in [1.807, 2.05) is 37.6 Å². The van der Waals surface area contributed by atoms with Crippen LogP contribution in [0.2, 0.25) is 10.0 Å². The number of carbonyl (C=O) groups is 1. The number of ether oxygens (including phenoxy) is 2. The van der Waals surface area contributed by atoms with E-state index in [2.05, 4.69) is 37.0 Å². The van der Waals surface area contributed by atoms with Gasteiger partial charge in [-0.1, -0.05) is 35.3 Å². The lowest BCUT2D eigenvalue weighted by atomic mass is 10.0. The second-order valence-corrected chi connectivity index (χ2v) is 13.0. The number of nitrogens with zero attached hydrogens (tertiary/aromatic N) is 6. The van der Waals surface area contributed by atoms with Crippen molar-refractivity contribution in [1.82, 2.24) is 29.0 Å². The number of benzene rings is 2. The zero-order chi connectivity index (χ0) is 31.0. The standard InChI is InChI=1S/C33H30Cl2N6O4/c1-3-40-17-36-12-20(40)13-41-25-10-18(32(42)43)9-24(35)30(25)38-28(41)16-39-14-22-23(15-39)29(22)21-5-4-6-26-31(21)45-33(2,44-26)27-8-7-19(34)11-37-27/h4-12,17,22-23,29H,3,13-16H2,1-2H3,(H,42,43)/t22-,23+,29-,33-/m1/s1. The quantitative estimate of drug-likeness (QED) is 0.213. The van der Waals surface area contributed by atoms with Crippen LogP contribution in [0.5, 0.6) is 11.5 Å². The van der Waals surface area contributed by atoms with Gasteiger partial charge in [0.25, 0.3) is 5.79 Å². The fourth-order valence-electron chi connectivity index (χ4n) is 7.14. The number of pyridine rings is 1. The Morgan fingerprint density at radius 2 is 1.91 bits per heavy atom. The number of para-hydroxylation sites is 1. The fourth-order valence-corrected chi connectivity index (χ4v) is 7.51. The number of fused-ring (bicyclic) bond motifs is 3. The molecule has 3 aliphatic rings. The number of halogens is 2. The Hall–Kier alpha value is -4.12. The summed E-state index contributed by atoms with van der Waals surface area (Å²) in [4.78, 5) is 28.0. The largest absolute Gasteiger partial charge is 0.478 e. The van der Waals surface area contributed by atoms with E-state index in [0.717, 1.165) is 42.7 Å². The van der Waals surface area contributed by atoms with Gasteiger partial charge in [0.15, 0.2) is 11.5 Å². The van der Waals surface area contributed by atoms with E-state index in [1.54, 1.807) is 18.3 Å². The predicted molar refractivity (Wildman–Crippen MR) is 168 cm³/mol. The van der Waals surface area contributed by atoms with Gasteiger partial charge in [-0.3, -0.25) is 9.88 Å². The molecule has 1 saturated heterocycles. The third-order valence-corrected chi connectivity index (χ3v) is 9.90. The minimum absolute atomic E-state index is 0.138. The van der Waals surface area contributed by atoms with Crippen LogP contribution in [-0.4, -0.2) is 53.2 Å². The zero-order valence-corrected chi connectivity index (χ0v) is 26.2. The van der Waals surface area contributed by atoms with E-state index in [9.17, 15) is 9.90 Å². The topological polar surface area (TPSA) is 108 Å². The molecule has 3 aromatic heterocycles. The highest BCUT2D eigenvalue weighted by Crippen LogP contribution is 2.62. The molecule has 45 heavy (non-hydrogen) atoms. The van der Waals surface area contributed by atoms with Crippen molar-refractivity contribution in [3.63, 3.8) is 0 Å². The molecule has 8 rings (SSSR count). The van der Waals surface area contributed by atoms with Crippen LogP contribution in [0.1, 0.15) is 52.9 Å². The van der Waals surface area contributed by atoms with Gasteiger partial charge in [-0.2, -0.15) is 0 Å². The van der Waals surface area contributed by atoms with Gasteiger partial charge in [-0.15, -0.1) is 0 Å². The molecule has 230 valence electrons. The number of hydrogen-bond acceptors (Lipinski definition) is 7. The zero-order valence-electron chi connectivity index (χ0n) is 24.7. The Morgan fingerprint density at radius 1 is 1.09 bits per heavy atom. The number of carboxylic acids is 1. The van der Waals surface area contributed by atoms with Gasteiger partial charge in [0.05, 0.1) is 46.2 Å². The molecule has 0 unspecified atom stereocenters. The number of imidazole rings is 2. The molecule has 2 aromatic carbocycles. The number of hydrogen-bond donors (Lipinski definition) is 1. The summed E-state index contributed by atoms with van der Waals surface area (Å²) in [6.45, 7) is 7.70. The molecule has 2 fully saturated rings. The first-order valence-electron chi connectivity index (χ1n) is 15.0. The van der Waals surface area contributed by atoms with Crippen LogP contribution < -0.4 is 9.47 Å². The van der Waals surface area contributed by atoms with Gasteiger partial charge in [-0.05, 0) is 55.0 Å². The maximum atomic E-state index is 11.9. The van der Waals surface area contributed by atoms with Crippen LogP contribution in [0.4, 0.5) is 0 Å². The lowest BCUT2D eigenvalue weighted by Gasteiger charge is -2.23. The predicted octanol–water partition coefficient (Wildman–Crippen LogP) is 6.19. The first-order valence-corrected chi connectivity index (χ1v) is 15.7. The average Bonchev–Trinajstić information content (AvgIpc) is 3.51. The van der Waals surface area contributed by atoms with Gasteiger partial charge in [0.1, 0.15) is 17.0 Å². The van der Waals surface area contributed by atoms with Gasteiger partial charge in [-0.25, -0.2) is 14.8 Å². The van der Waals surface area contributed by atoms with Crippen molar-refractivity contribution in [3.8, 4) is 11.5 Å². The van der Waals surface area contributed by atoms with Crippen LogP contribution in [0.3, 0.4) is 0 Å². The van der Waals surface area contributed by atoms with Gasteiger partial charge < -0.3 is 23.7 Å². The molecule has 12 heteroatoms. The van der Waals surface area contributed by atoms with Crippen molar-refractivity contribution < 1.29 is 19.4 Å². The van der Waals surface area contributed by atoms with E-state index >= 15 is 0 Å². The molecule has 1 saturated carbocycles. The van der Waals surface area contributed by atoms with Crippen molar-refractivity contribution in [2.24, 2.45) is 11.8 Å². The minimum Gasteiger partial charge on any atom is -0.478 e. The van der Waals surface area contributed by atoms with Crippen LogP contribution in [0.15, 0.2) is 61.2 Å². The number of aryl methyl sites for hydroxylation is 1.